The van der Waals surface area contributed by atoms with Gasteiger partial charge in [-0.05, 0) is 71.0 Å². The molecule has 0 heterocycles. The number of nitrogens with zero attached hydrogens (tertiary/aromatic N) is 1. The second-order valence-electron chi connectivity index (χ2n) is 5.54. The largest absolute Gasteiger partial charge is 0.331 e. The fourth-order valence-electron chi connectivity index (χ4n) is 1.73. The Bertz CT molecular complexity index is 564. The monoisotopic (exact) mass is 315 g/mol. The first-order valence-electron chi connectivity index (χ1n) is 7.43. The van der Waals surface area contributed by atoms with Gasteiger partial charge < -0.3 is 5.32 Å². The van der Waals surface area contributed by atoms with E-state index in [1.54, 1.807) is 6.21 Å². The van der Waals surface area contributed by atoms with Crippen molar-refractivity contribution in [1.29, 1.82) is 0 Å². The van der Waals surface area contributed by atoms with Gasteiger partial charge in [0.15, 0.2) is 5.11 Å². The Kier molecular flexibility index (Phi) is 8.15. The topological polar surface area (TPSA) is 36.4 Å². The molecule has 2 N–H and O–H groups in total. The summed E-state index contributed by atoms with van der Waals surface area (Å²) in [5.41, 5.74) is 7.63. The van der Waals surface area contributed by atoms with E-state index in [0.717, 1.165) is 18.5 Å². The van der Waals surface area contributed by atoms with E-state index >= 15 is 0 Å². The number of hydrogen-bond donors (Lipinski definition) is 2. The van der Waals surface area contributed by atoms with Gasteiger partial charge in [0.05, 0.1) is 0 Å². The van der Waals surface area contributed by atoms with Crippen molar-refractivity contribution in [2.75, 3.05) is 5.32 Å². The summed E-state index contributed by atoms with van der Waals surface area (Å²) in [4.78, 5) is 0. The number of benzene rings is 1. The lowest BCUT2D eigenvalue weighted by Crippen LogP contribution is -2.23. The molecule has 0 saturated heterocycles. The third-order valence-corrected chi connectivity index (χ3v) is 3.19. The van der Waals surface area contributed by atoms with Crippen LogP contribution in [0.4, 0.5) is 5.69 Å². The van der Waals surface area contributed by atoms with E-state index in [1.807, 2.05) is 30.3 Å². The van der Waals surface area contributed by atoms with Gasteiger partial charge in [0, 0.05) is 11.9 Å². The molecule has 4 heteroatoms. The molecular formula is C18H25N3S. The van der Waals surface area contributed by atoms with Crippen molar-refractivity contribution in [3.05, 3.63) is 53.1 Å². The summed E-state index contributed by atoms with van der Waals surface area (Å²) in [6.45, 7) is 8.39. The molecule has 0 atom stereocenters. The second kappa shape index (κ2) is 9.90. The number of nitrogens with one attached hydrogen (secondary N) is 2. The van der Waals surface area contributed by atoms with Gasteiger partial charge in [-0.3, -0.25) is 5.43 Å². The molecule has 0 aliphatic heterocycles. The highest BCUT2D eigenvalue weighted by Crippen LogP contribution is 2.08. The van der Waals surface area contributed by atoms with Crippen LogP contribution in [0, 0.1) is 6.92 Å². The Balaban J connectivity index is 2.33. The van der Waals surface area contributed by atoms with Crippen molar-refractivity contribution in [3.8, 4) is 0 Å². The molecule has 3 nitrogen and oxygen atoms in total. The average molecular weight is 315 g/mol. The Morgan fingerprint density at radius 3 is 2.50 bits per heavy atom. The summed E-state index contributed by atoms with van der Waals surface area (Å²) in [5, 5.41) is 7.66. The van der Waals surface area contributed by atoms with Crippen LogP contribution in [-0.4, -0.2) is 11.3 Å². The summed E-state index contributed by atoms with van der Waals surface area (Å²) in [6, 6.07) is 8.04. The molecule has 1 rings (SSSR count). The maximum atomic E-state index is 5.18. The van der Waals surface area contributed by atoms with Gasteiger partial charge in [-0.1, -0.05) is 34.9 Å². The van der Waals surface area contributed by atoms with Crippen LogP contribution in [0.2, 0.25) is 0 Å². The van der Waals surface area contributed by atoms with Gasteiger partial charge in [0.1, 0.15) is 0 Å². The summed E-state index contributed by atoms with van der Waals surface area (Å²) in [7, 11) is 0. The summed E-state index contributed by atoms with van der Waals surface area (Å²) < 4.78 is 0. The smallest absolute Gasteiger partial charge is 0.191 e. The molecule has 0 radical (unpaired) electrons. The molecule has 0 amide bonds. The minimum absolute atomic E-state index is 0.482. The summed E-state index contributed by atoms with van der Waals surface area (Å²) in [6.07, 6.45) is 8.09. The normalized spacial score (nSPS) is 11.4. The van der Waals surface area contributed by atoms with Crippen LogP contribution in [0.5, 0.6) is 0 Å². The van der Waals surface area contributed by atoms with Crippen LogP contribution in [0.25, 0.3) is 0 Å². The lowest BCUT2D eigenvalue weighted by atomic mass is 10.1. The maximum absolute atomic E-state index is 5.18. The number of aryl methyl sites for hydroxylation is 1. The molecule has 1 aromatic rings. The van der Waals surface area contributed by atoms with Crippen molar-refractivity contribution < 1.29 is 0 Å². The van der Waals surface area contributed by atoms with Crippen LogP contribution in [0.15, 0.2) is 52.7 Å². The van der Waals surface area contributed by atoms with E-state index < -0.39 is 0 Å². The van der Waals surface area contributed by atoms with Gasteiger partial charge in [0.2, 0.25) is 0 Å². The van der Waals surface area contributed by atoms with Crippen LogP contribution in [0.3, 0.4) is 0 Å². The SMILES string of the molecule is CC(C)=CCC/C(C)=C\C=NNC(=S)Nc1ccc(C)cc1. The first kappa shape index (κ1) is 18.1. The van der Waals surface area contributed by atoms with E-state index in [9.17, 15) is 0 Å². The molecule has 0 bridgehead atoms. The van der Waals surface area contributed by atoms with Gasteiger partial charge in [-0.25, -0.2) is 0 Å². The van der Waals surface area contributed by atoms with Gasteiger partial charge >= 0.3 is 0 Å². The lowest BCUT2D eigenvalue weighted by Gasteiger charge is -2.06. The molecule has 0 fully saturated rings. The van der Waals surface area contributed by atoms with E-state index in [0.29, 0.717) is 5.11 Å². The second-order valence-corrected chi connectivity index (χ2v) is 5.95. The van der Waals surface area contributed by atoms with Gasteiger partial charge in [0.25, 0.3) is 0 Å². The van der Waals surface area contributed by atoms with E-state index in [-0.39, 0.29) is 0 Å². The predicted molar refractivity (Wildman–Crippen MR) is 101 cm³/mol. The molecular weight excluding hydrogens is 290 g/mol. The number of allylic oxidation sites excluding steroid dienone is 4. The van der Waals surface area contributed by atoms with E-state index in [4.69, 9.17) is 12.2 Å². The molecule has 0 saturated carbocycles. The van der Waals surface area contributed by atoms with Crippen molar-refractivity contribution in [2.24, 2.45) is 5.10 Å². The van der Waals surface area contributed by atoms with Crippen LogP contribution >= 0.6 is 12.2 Å². The fourth-order valence-corrected chi connectivity index (χ4v) is 1.90. The average Bonchev–Trinajstić information content (AvgIpc) is 2.46. The quantitative estimate of drug-likeness (QED) is 0.337. The first-order chi connectivity index (χ1) is 10.5. The van der Waals surface area contributed by atoms with Crippen molar-refractivity contribution in [1.82, 2.24) is 5.43 Å². The minimum Gasteiger partial charge on any atom is -0.331 e. The number of hydrogen-bond acceptors (Lipinski definition) is 2. The maximum Gasteiger partial charge on any atom is 0.191 e. The summed E-state index contributed by atoms with van der Waals surface area (Å²) in [5.74, 6) is 0. The van der Waals surface area contributed by atoms with Gasteiger partial charge in [-0.15, -0.1) is 0 Å². The zero-order chi connectivity index (χ0) is 16.4. The van der Waals surface area contributed by atoms with E-state index in [2.05, 4.69) is 49.6 Å². The van der Waals surface area contributed by atoms with Crippen molar-refractivity contribution >= 4 is 29.2 Å². The van der Waals surface area contributed by atoms with Crippen LogP contribution in [-0.2, 0) is 0 Å². The third-order valence-electron chi connectivity index (χ3n) is 3.00. The predicted octanol–water partition coefficient (Wildman–Crippen LogP) is 4.96. The number of rotatable bonds is 6. The number of thiocarbonyl (C=S) groups is 1. The Morgan fingerprint density at radius 1 is 1.18 bits per heavy atom. The zero-order valence-corrected chi connectivity index (χ0v) is 14.6. The Hall–Kier alpha value is -1.94. The first-order valence-corrected chi connectivity index (χ1v) is 7.84. The Labute approximate surface area is 139 Å². The lowest BCUT2D eigenvalue weighted by molar-refractivity contribution is 0.968. The third kappa shape index (κ3) is 8.37. The van der Waals surface area contributed by atoms with Crippen LogP contribution < -0.4 is 10.7 Å². The van der Waals surface area contributed by atoms with E-state index in [1.165, 1.54) is 16.7 Å². The fraction of sp³-hybridized carbons (Fsp3) is 0.333. The molecule has 0 aromatic heterocycles. The molecule has 0 aliphatic rings. The van der Waals surface area contributed by atoms with Crippen molar-refractivity contribution in [2.45, 2.75) is 40.5 Å². The zero-order valence-electron chi connectivity index (χ0n) is 13.8. The molecule has 22 heavy (non-hydrogen) atoms. The standard InChI is InChI=1S/C18H25N3S/c1-14(2)6-5-7-15(3)12-13-19-21-18(22)20-17-10-8-16(4)9-11-17/h6,8-13H,5,7H2,1-4H3,(H2,20,21,22)/b15-12-,19-13?. The number of anilines is 1. The highest BCUT2D eigenvalue weighted by Gasteiger charge is 1.94. The van der Waals surface area contributed by atoms with Crippen molar-refractivity contribution in [3.63, 3.8) is 0 Å². The van der Waals surface area contributed by atoms with Gasteiger partial charge in [-0.2, -0.15) is 5.10 Å². The number of hydrazone groups is 1. The highest BCUT2D eigenvalue weighted by atomic mass is 32.1. The molecule has 0 unspecified atom stereocenters. The molecule has 0 spiro atoms. The molecule has 118 valence electrons. The highest BCUT2D eigenvalue weighted by molar-refractivity contribution is 7.80. The minimum atomic E-state index is 0.482. The molecule has 0 aliphatic carbocycles. The Morgan fingerprint density at radius 2 is 1.86 bits per heavy atom. The van der Waals surface area contributed by atoms with Crippen LogP contribution in [0.1, 0.15) is 39.2 Å². The molecule has 1 aromatic carbocycles. The summed E-state index contributed by atoms with van der Waals surface area (Å²) >= 11 is 5.18.